The highest BCUT2D eigenvalue weighted by molar-refractivity contribution is 5.76. The van der Waals surface area contributed by atoms with Crippen LogP contribution in [0, 0.1) is 0 Å². The molecule has 0 aromatic heterocycles. The Hall–Kier alpha value is -1.92. The third-order valence-corrected chi connectivity index (χ3v) is 16.2. The number of ether oxygens (including phenoxy) is 1. The summed E-state index contributed by atoms with van der Waals surface area (Å²) < 4.78 is 5.49. The molecule has 0 saturated heterocycles. The molecular weight excluding hydrogens is 947 g/mol. The molecule has 0 rings (SSSR count). The summed E-state index contributed by atoms with van der Waals surface area (Å²) in [6.45, 7) is 4.93. The number of carbonyl (C=O) groups is 2. The highest BCUT2D eigenvalue weighted by atomic mass is 16.5. The molecule has 3 N–H and O–H groups in total. The topological polar surface area (TPSA) is 95.9 Å². The first-order valence-corrected chi connectivity index (χ1v) is 34.8. The van der Waals surface area contributed by atoms with Crippen LogP contribution in [-0.4, -0.2) is 47.4 Å². The normalized spacial score (nSPS) is 12.7. The number of nitrogens with one attached hydrogen (secondary N) is 1. The molecule has 0 heterocycles. The summed E-state index contributed by atoms with van der Waals surface area (Å²) in [6.07, 6.45) is 85.0. The maximum atomic E-state index is 12.5. The second-order valence-electron chi connectivity index (χ2n) is 23.9. The molecule has 0 fully saturated rings. The van der Waals surface area contributed by atoms with Crippen molar-refractivity contribution in [1.29, 1.82) is 0 Å². The largest absolute Gasteiger partial charge is 0.466 e. The molecule has 0 aromatic carbocycles. The summed E-state index contributed by atoms with van der Waals surface area (Å²) in [7, 11) is 0. The fraction of sp³-hybridized carbons (Fsp3) is 0.887. The maximum Gasteiger partial charge on any atom is 0.305 e. The van der Waals surface area contributed by atoms with Gasteiger partial charge < -0.3 is 20.3 Å². The van der Waals surface area contributed by atoms with Crippen LogP contribution in [0.4, 0.5) is 0 Å². The lowest BCUT2D eigenvalue weighted by Crippen LogP contribution is -2.45. The average Bonchev–Trinajstić information content (AvgIpc) is 3.43. The van der Waals surface area contributed by atoms with Gasteiger partial charge >= 0.3 is 5.97 Å². The molecule has 0 aromatic rings. The molecule has 2 unspecified atom stereocenters. The first kappa shape index (κ1) is 75.1. The Kier molecular flexibility index (Phi) is 64.9. The standard InChI is InChI=1S/C71H135NO5/c1-3-5-7-9-11-13-15-17-19-20-21-27-30-33-36-39-43-47-51-55-59-63-69(74)68(67-73)72-70(75)64-60-56-52-48-44-40-37-34-31-28-25-23-22-24-26-29-32-35-38-42-46-50-54-58-62-66-77-71(76)65-61-57-53-49-45-41-18-16-14-12-10-8-6-4-2/h23-26,59,63,68-69,73-74H,3-22,27-58,60-62,64-67H2,1-2H3,(H,72,75)/b25-23-,26-24-,63-59+. The Labute approximate surface area is 481 Å². The van der Waals surface area contributed by atoms with Crippen molar-refractivity contribution >= 4 is 11.9 Å². The van der Waals surface area contributed by atoms with E-state index in [0.29, 0.717) is 19.4 Å². The molecule has 6 heteroatoms. The zero-order valence-electron chi connectivity index (χ0n) is 52.0. The molecule has 0 aliphatic heterocycles. The van der Waals surface area contributed by atoms with Crippen LogP contribution in [0.2, 0.25) is 0 Å². The van der Waals surface area contributed by atoms with E-state index in [4.69, 9.17) is 4.74 Å². The minimum absolute atomic E-state index is 0.0113. The molecule has 77 heavy (non-hydrogen) atoms. The fourth-order valence-corrected chi connectivity index (χ4v) is 10.8. The number of hydrogen-bond donors (Lipinski definition) is 3. The van der Waals surface area contributed by atoms with Gasteiger partial charge in [0.2, 0.25) is 5.91 Å². The van der Waals surface area contributed by atoms with Crippen molar-refractivity contribution in [1.82, 2.24) is 5.32 Å². The number of amides is 1. The molecule has 2 atom stereocenters. The van der Waals surface area contributed by atoms with Crippen molar-refractivity contribution in [2.45, 2.75) is 392 Å². The van der Waals surface area contributed by atoms with Gasteiger partial charge in [0.05, 0.1) is 25.4 Å². The lowest BCUT2D eigenvalue weighted by Gasteiger charge is -2.20. The van der Waals surface area contributed by atoms with Gasteiger partial charge in [0.15, 0.2) is 0 Å². The lowest BCUT2D eigenvalue weighted by molar-refractivity contribution is -0.143. The summed E-state index contributed by atoms with van der Waals surface area (Å²) >= 11 is 0. The highest BCUT2D eigenvalue weighted by Crippen LogP contribution is 2.18. The van der Waals surface area contributed by atoms with E-state index >= 15 is 0 Å². The Morgan fingerprint density at radius 1 is 0.364 bits per heavy atom. The van der Waals surface area contributed by atoms with E-state index < -0.39 is 12.1 Å². The Bertz CT molecular complexity index is 1250. The number of hydrogen-bond acceptors (Lipinski definition) is 5. The summed E-state index contributed by atoms with van der Waals surface area (Å²) in [5.41, 5.74) is 0. The Balaban J connectivity index is 3.45. The van der Waals surface area contributed by atoms with Gasteiger partial charge in [0.1, 0.15) is 0 Å². The molecule has 454 valence electrons. The van der Waals surface area contributed by atoms with E-state index in [0.717, 1.165) is 44.9 Å². The maximum absolute atomic E-state index is 12.5. The first-order valence-electron chi connectivity index (χ1n) is 34.8. The molecule has 6 nitrogen and oxygen atoms in total. The van der Waals surface area contributed by atoms with Crippen molar-refractivity contribution in [3.8, 4) is 0 Å². The van der Waals surface area contributed by atoms with Gasteiger partial charge in [-0.2, -0.15) is 0 Å². The van der Waals surface area contributed by atoms with Gasteiger partial charge in [-0.15, -0.1) is 0 Å². The van der Waals surface area contributed by atoms with E-state index in [2.05, 4.69) is 43.5 Å². The summed E-state index contributed by atoms with van der Waals surface area (Å²) in [5.74, 6) is -0.0595. The van der Waals surface area contributed by atoms with E-state index in [1.807, 2.05) is 6.08 Å². The van der Waals surface area contributed by atoms with Crippen LogP contribution in [0.3, 0.4) is 0 Å². The monoisotopic (exact) mass is 1080 g/mol. The Morgan fingerprint density at radius 3 is 0.987 bits per heavy atom. The van der Waals surface area contributed by atoms with Crippen molar-refractivity contribution in [3.05, 3.63) is 36.5 Å². The fourth-order valence-electron chi connectivity index (χ4n) is 10.8. The third-order valence-electron chi connectivity index (χ3n) is 16.2. The molecule has 0 aliphatic carbocycles. The zero-order chi connectivity index (χ0) is 55.7. The van der Waals surface area contributed by atoms with Crippen LogP contribution >= 0.6 is 0 Å². The second kappa shape index (κ2) is 66.6. The van der Waals surface area contributed by atoms with Crippen molar-refractivity contribution < 1.29 is 24.5 Å². The van der Waals surface area contributed by atoms with Crippen LogP contribution in [0.1, 0.15) is 380 Å². The molecule has 0 radical (unpaired) electrons. The van der Waals surface area contributed by atoms with Gasteiger partial charge in [0, 0.05) is 12.8 Å². The zero-order valence-corrected chi connectivity index (χ0v) is 52.0. The molecular formula is C71H135NO5. The van der Waals surface area contributed by atoms with Crippen molar-refractivity contribution in [3.63, 3.8) is 0 Å². The van der Waals surface area contributed by atoms with Crippen LogP contribution < -0.4 is 5.32 Å². The van der Waals surface area contributed by atoms with Crippen LogP contribution in [-0.2, 0) is 14.3 Å². The SMILES string of the molecule is CCCCCCCCCCCCCCCCCCCCC/C=C/C(O)C(CO)NC(=O)CCCCCCCCCCC/C=C\C/C=C\CCCCCCCCCCCOC(=O)CCCCCCCCCCCCCCCC. The minimum Gasteiger partial charge on any atom is -0.466 e. The quantitative estimate of drug-likeness (QED) is 0.0320. The highest BCUT2D eigenvalue weighted by Gasteiger charge is 2.18. The number of esters is 1. The molecule has 0 saturated carbocycles. The third kappa shape index (κ3) is 63.1. The van der Waals surface area contributed by atoms with Gasteiger partial charge in [-0.1, -0.05) is 339 Å². The van der Waals surface area contributed by atoms with E-state index in [1.165, 1.54) is 308 Å². The van der Waals surface area contributed by atoms with Crippen LogP contribution in [0.5, 0.6) is 0 Å². The number of allylic oxidation sites excluding steroid dienone is 5. The smallest absolute Gasteiger partial charge is 0.305 e. The molecule has 0 aliphatic rings. The number of unbranched alkanes of at least 4 members (excludes halogenated alkanes) is 50. The van der Waals surface area contributed by atoms with Crippen LogP contribution in [0.15, 0.2) is 36.5 Å². The van der Waals surface area contributed by atoms with Gasteiger partial charge in [-0.3, -0.25) is 9.59 Å². The van der Waals surface area contributed by atoms with E-state index in [-0.39, 0.29) is 18.5 Å². The number of aliphatic hydroxyl groups excluding tert-OH is 2. The molecule has 0 spiro atoms. The summed E-state index contributed by atoms with van der Waals surface area (Å²) in [4.78, 5) is 24.6. The predicted octanol–water partition coefficient (Wildman–Crippen LogP) is 22.3. The second-order valence-corrected chi connectivity index (χ2v) is 23.9. The van der Waals surface area contributed by atoms with Crippen molar-refractivity contribution in [2.24, 2.45) is 0 Å². The van der Waals surface area contributed by atoms with Crippen molar-refractivity contribution in [2.75, 3.05) is 13.2 Å². The predicted molar refractivity (Wildman–Crippen MR) is 338 cm³/mol. The Morgan fingerprint density at radius 2 is 0.649 bits per heavy atom. The van der Waals surface area contributed by atoms with E-state index in [1.54, 1.807) is 6.08 Å². The molecule has 0 bridgehead atoms. The van der Waals surface area contributed by atoms with Gasteiger partial charge in [0.25, 0.3) is 0 Å². The number of aliphatic hydroxyl groups is 2. The minimum atomic E-state index is -0.850. The van der Waals surface area contributed by atoms with Gasteiger partial charge in [-0.05, 0) is 64.2 Å². The molecule has 1 amide bonds. The van der Waals surface area contributed by atoms with Gasteiger partial charge in [-0.25, -0.2) is 0 Å². The summed E-state index contributed by atoms with van der Waals surface area (Å²) in [5, 5.41) is 23.2. The number of carbonyl (C=O) groups excluding carboxylic acids is 2. The summed E-state index contributed by atoms with van der Waals surface area (Å²) in [6, 6.07) is -0.634. The number of rotatable bonds is 65. The van der Waals surface area contributed by atoms with E-state index in [9.17, 15) is 19.8 Å². The first-order chi connectivity index (χ1) is 38.0. The average molecular weight is 1080 g/mol. The lowest BCUT2D eigenvalue weighted by atomic mass is 10.0. The van der Waals surface area contributed by atoms with Crippen LogP contribution in [0.25, 0.3) is 0 Å².